The first-order valence-electron chi connectivity index (χ1n) is 25.6. The van der Waals surface area contributed by atoms with Crippen LogP contribution in [-0.2, 0) is 5.41 Å². The van der Waals surface area contributed by atoms with Crippen molar-refractivity contribution in [2.45, 2.75) is 5.41 Å². The van der Waals surface area contributed by atoms with Gasteiger partial charge in [-0.05, 0) is 121 Å². The Bertz CT molecular complexity index is 4250. The third kappa shape index (κ3) is 6.68. The van der Waals surface area contributed by atoms with Crippen molar-refractivity contribution in [3.05, 3.63) is 295 Å². The molecule has 11 aromatic carbocycles. The molecule has 350 valence electrons. The van der Waals surface area contributed by atoms with Crippen molar-refractivity contribution < 1.29 is 0 Å². The molecule has 0 amide bonds. The quantitative estimate of drug-likeness (QED) is 0.160. The van der Waals surface area contributed by atoms with Crippen LogP contribution in [0.4, 0.5) is 17.3 Å². The van der Waals surface area contributed by atoms with Gasteiger partial charge in [0.25, 0.3) is 0 Å². The average Bonchev–Trinajstić information content (AvgIpc) is 3.99. The summed E-state index contributed by atoms with van der Waals surface area (Å²) in [5.74, 6) is 1.80. The highest BCUT2D eigenvalue weighted by Crippen LogP contribution is 2.63. The Morgan fingerprint density at radius 1 is 0.280 bits per heavy atom. The number of nitrogens with zero attached hydrogens (tertiary/aromatic N) is 5. The van der Waals surface area contributed by atoms with E-state index in [1.807, 2.05) is 36.4 Å². The molecule has 0 fully saturated rings. The van der Waals surface area contributed by atoms with E-state index in [4.69, 9.17) is 15.0 Å². The Morgan fingerprint density at radius 2 is 0.747 bits per heavy atom. The molecule has 0 radical (unpaired) electrons. The van der Waals surface area contributed by atoms with E-state index < -0.39 is 5.41 Å². The number of anilines is 3. The van der Waals surface area contributed by atoms with Gasteiger partial charge in [0.05, 0.1) is 27.8 Å². The second kappa shape index (κ2) is 17.1. The summed E-state index contributed by atoms with van der Waals surface area (Å²) in [7, 11) is 0. The van der Waals surface area contributed by atoms with Gasteiger partial charge in [0.2, 0.25) is 5.95 Å². The topological polar surface area (TPSA) is 46.8 Å². The second-order valence-electron chi connectivity index (χ2n) is 19.5. The highest BCUT2D eigenvalue weighted by molar-refractivity contribution is 6.10. The number of rotatable bonds is 7. The fourth-order valence-electron chi connectivity index (χ4n) is 12.1. The fraction of sp³-hybridized carbons (Fsp3) is 0.0143. The minimum atomic E-state index is -0.651. The minimum absolute atomic E-state index is 0.565. The molecule has 0 unspecified atom stereocenters. The maximum Gasteiger partial charge on any atom is 0.238 e. The van der Waals surface area contributed by atoms with E-state index in [-0.39, 0.29) is 0 Å². The predicted molar refractivity (Wildman–Crippen MR) is 307 cm³/mol. The predicted octanol–water partition coefficient (Wildman–Crippen LogP) is 17.4. The molecule has 0 saturated carbocycles. The Kier molecular flexibility index (Phi) is 9.72. The summed E-state index contributed by atoms with van der Waals surface area (Å²) in [6, 6.07) is 98.5. The van der Waals surface area contributed by atoms with E-state index in [9.17, 15) is 0 Å². The molecule has 5 nitrogen and oxygen atoms in total. The van der Waals surface area contributed by atoms with Crippen LogP contribution in [0.1, 0.15) is 22.3 Å². The number of hydrogen-bond donors (Lipinski definition) is 0. The van der Waals surface area contributed by atoms with Crippen LogP contribution in [0.5, 0.6) is 0 Å². The van der Waals surface area contributed by atoms with Gasteiger partial charge in [-0.3, -0.25) is 4.90 Å². The van der Waals surface area contributed by atoms with Crippen LogP contribution in [0.25, 0.3) is 94.8 Å². The Morgan fingerprint density at radius 3 is 1.41 bits per heavy atom. The van der Waals surface area contributed by atoms with Gasteiger partial charge in [-0.15, -0.1) is 0 Å². The van der Waals surface area contributed by atoms with E-state index in [0.717, 1.165) is 39.3 Å². The van der Waals surface area contributed by atoms with Crippen molar-refractivity contribution in [1.82, 2.24) is 19.5 Å². The molecule has 3 heterocycles. The van der Waals surface area contributed by atoms with E-state index in [1.165, 1.54) is 77.4 Å². The van der Waals surface area contributed by atoms with Gasteiger partial charge < -0.3 is 4.57 Å². The van der Waals surface area contributed by atoms with Crippen LogP contribution in [0.15, 0.2) is 273 Å². The third-order valence-corrected chi connectivity index (χ3v) is 15.5. The van der Waals surface area contributed by atoms with E-state index in [1.54, 1.807) is 0 Å². The molecule has 0 atom stereocenters. The van der Waals surface area contributed by atoms with E-state index >= 15 is 0 Å². The van der Waals surface area contributed by atoms with Gasteiger partial charge in [-0.1, -0.05) is 218 Å². The van der Waals surface area contributed by atoms with Crippen LogP contribution >= 0.6 is 0 Å². The fourth-order valence-corrected chi connectivity index (χ4v) is 12.1. The Balaban J connectivity index is 0.865. The zero-order valence-electron chi connectivity index (χ0n) is 40.7. The first-order valence-corrected chi connectivity index (χ1v) is 25.6. The summed E-state index contributed by atoms with van der Waals surface area (Å²) in [5, 5.41) is 2.46. The number of hydrogen-bond acceptors (Lipinski definition) is 4. The first-order chi connectivity index (χ1) is 37.2. The SMILES string of the molecule is c1ccc(-c2ccc(-n3c4ccccc4c4cc(-c5cccc(-c6ccc7c(c6)C6(c8ccccc8-7)c7ccccc7N(c7nc(-c8ccccc8)nc(-c8ccccc8)n7)c7ccccc76)c5)ccc43)cc2)cc1. The van der Waals surface area contributed by atoms with Crippen molar-refractivity contribution in [3.8, 4) is 73.0 Å². The molecule has 13 aromatic rings. The zero-order valence-corrected chi connectivity index (χ0v) is 40.7. The summed E-state index contributed by atoms with van der Waals surface area (Å²) in [6.45, 7) is 0. The smallest absolute Gasteiger partial charge is 0.238 e. The van der Waals surface area contributed by atoms with Crippen molar-refractivity contribution >= 4 is 39.1 Å². The summed E-state index contributed by atoms with van der Waals surface area (Å²) in [5.41, 5.74) is 21.2. The number of aromatic nitrogens is 4. The maximum absolute atomic E-state index is 5.30. The lowest BCUT2D eigenvalue weighted by Gasteiger charge is -2.44. The number of fused-ring (bicyclic) bond motifs is 12. The molecular formula is C70H45N5. The maximum atomic E-state index is 5.30. The van der Waals surface area contributed by atoms with Crippen molar-refractivity contribution in [1.29, 1.82) is 0 Å². The van der Waals surface area contributed by atoms with Gasteiger partial charge in [0.15, 0.2) is 11.6 Å². The molecule has 0 saturated heterocycles. The van der Waals surface area contributed by atoms with Crippen molar-refractivity contribution in [2.75, 3.05) is 4.90 Å². The first kappa shape index (κ1) is 42.7. The minimum Gasteiger partial charge on any atom is -0.309 e. The lowest BCUT2D eigenvalue weighted by Crippen LogP contribution is -2.36. The lowest BCUT2D eigenvalue weighted by molar-refractivity contribution is 0.749. The monoisotopic (exact) mass is 955 g/mol. The van der Waals surface area contributed by atoms with Gasteiger partial charge in [0.1, 0.15) is 0 Å². The van der Waals surface area contributed by atoms with Crippen LogP contribution in [-0.4, -0.2) is 19.5 Å². The Labute approximate surface area is 435 Å². The van der Waals surface area contributed by atoms with Crippen molar-refractivity contribution in [2.24, 2.45) is 0 Å². The molecule has 2 aromatic heterocycles. The molecule has 15 rings (SSSR count). The molecule has 5 heteroatoms. The molecule has 75 heavy (non-hydrogen) atoms. The van der Waals surface area contributed by atoms with Gasteiger partial charge in [-0.25, -0.2) is 4.98 Å². The van der Waals surface area contributed by atoms with Gasteiger partial charge in [-0.2, -0.15) is 9.97 Å². The normalized spacial score (nSPS) is 12.9. The molecule has 0 N–H and O–H groups in total. The largest absolute Gasteiger partial charge is 0.309 e. The third-order valence-electron chi connectivity index (χ3n) is 15.5. The second-order valence-corrected chi connectivity index (χ2v) is 19.5. The Hall–Kier alpha value is -9.97. The highest BCUT2D eigenvalue weighted by atomic mass is 15.3. The van der Waals surface area contributed by atoms with Crippen molar-refractivity contribution in [3.63, 3.8) is 0 Å². The van der Waals surface area contributed by atoms with Crippen LogP contribution in [0.3, 0.4) is 0 Å². The van der Waals surface area contributed by atoms with Crippen LogP contribution < -0.4 is 4.90 Å². The lowest BCUT2D eigenvalue weighted by atomic mass is 9.64. The standard InChI is InChI=1S/C70H45N5/c1-4-19-46(20-5-1)47-35-39-54(40-36-47)74-63-32-15-11-28-57(63)58-44-52(38-42-64(58)74)50-25-18-26-51(43-50)53-37-41-56-55-27-10-12-29-59(55)70(62(56)45-53)60-30-13-16-33-65(60)75(66-34-17-14-31-61(66)70)69-72-67(48-21-6-2-7-22-48)71-68(73-69)49-23-8-3-9-24-49/h1-45H. The number of benzene rings is 11. The summed E-state index contributed by atoms with van der Waals surface area (Å²) in [4.78, 5) is 17.9. The molecule has 1 aliphatic heterocycles. The molecule has 1 spiro atoms. The molecule has 2 aliphatic rings. The molecule has 0 bridgehead atoms. The van der Waals surface area contributed by atoms with Crippen LogP contribution in [0, 0.1) is 0 Å². The van der Waals surface area contributed by atoms with Gasteiger partial charge in [0, 0.05) is 27.6 Å². The number of para-hydroxylation sites is 3. The molecular weight excluding hydrogens is 911 g/mol. The summed E-state index contributed by atoms with van der Waals surface area (Å²) in [6.07, 6.45) is 0. The van der Waals surface area contributed by atoms with E-state index in [0.29, 0.717) is 17.6 Å². The molecule has 1 aliphatic carbocycles. The zero-order chi connectivity index (χ0) is 49.5. The average molecular weight is 956 g/mol. The van der Waals surface area contributed by atoms with Gasteiger partial charge >= 0.3 is 0 Å². The summed E-state index contributed by atoms with van der Waals surface area (Å²) < 4.78 is 2.40. The van der Waals surface area contributed by atoms with Crippen LogP contribution in [0.2, 0.25) is 0 Å². The summed E-state index contributed by atoms with van der Waals surface area (Å²) >= 11 is 0. The van der Waals surface area contributed by atoms with E-state index in [2.05, 4.69) is 246 Å². The highest BCUT2D eigenvalue weighted by Gasteiger charge is 2.52.